The van der Waals surface area contributed by atoms with Gasteiger partial charge in [0, 0.05) is 16.4 Å². The number of benzene rings is 1. The van der Waals surface area contributed by atoms with Crippen LogP contribution in [0.1, 0.15) is 40.2 Å². The van der Waals surface area contributed by atoms with Crippen molar-refractivity contribution in [1.82, 2.24) is 5.32 Å². The molecule has 0 fully saturated rings. The summed E-state index contributed by atoms with van der Waals surface area (Å²) < 4.78 is 6.28. The largest absolute Gasteiger partial charge is 0.444 e. The molecule has 1 N–H and O–H groups in total. The van der Waals surface area contributed by atoms with Crippen molar-refractivity contribution in [3.8, 4) is 0 Å². The van der Waals surface area contributed by atoms with Crippen LogP contribution in [-0.2, 0) is 10.2 Å². The third-order valence-corrected chi connectivity index (χ3v) is 3.23. The summed E-state index contributed by atoms with van der Waals surface area (Å²) in [5, 5.41) is 2.82. The fraction of sp³-hybridized carbons (Fsp3) is 0.533. The van der Waals surface area contributed by atoms with Crippen LogP contribution in [0.4, 0.5) is 4.79 Å². The first kappa shape index (κ1) is 16.0. The van der Waals surface area contributed by atoms with E-state index in [1.807, 2.05) is 32.9 Å². The Morgan fingerprint density at radius 2 is 1.68 bits per heavy atom. The van der Waals surface area contributed by atoms with Gasteiger partial charge < -0.3 is 10.1 Å². The van der Waals surface area contributed by atoms with Crippen molar-refractivity contribution in [3.63, 3.8) is 0 Å². The maximum absolute atomic E-state index is 11.6. The van der Waals surface area contributed by atoms with Gasteiger partial charge in [-0.15, -0.1) is 0 Å². The van der Waals surface area contributed by atoms with Gasteiger partial charge in [-0.25, -0.2) is 4.79 Å². The number of ether oxygens (including phenoxy) is 1. The van der Waals surface area contributed by atoms with Crippen LogP contribution in [0.15, 0.2) is 28.7 Å². The number of halogens is 1. The SMILES string of the molecule is CC(C)(C)OC(=O)NCC(C)(C)c1ccc(Br)cc1. The highest BCUT2D eigenvalue weighted by Crippen LogP contribution is 2.24. The van der Waals surface area contributed by atoms with Crippen molar-refractivity contribution in [2.45, 2.75) is 45.6 Å². The Balaban J connectivity index is 2.60. The second-order valence-electron chi connectivity index (χ2n) is 6.25. The molecule has 0 aromatic heterocycles. The summed E-state index contributed by atoms with van der Waals surface area (Å²) in [4.78, 5) is 11.6. The summed E-state index contributed by atoms with van der Waals surface area (Å²) >= 11 is 3.42. The first-order valence-corrected chi connectivity index (χ1v) is 7.12. The Hall–Kier alpha value is -1.03. The maximum atomic E-state index is 11.6. The Morgan fingerprint density at radius 3 is 2.16 bits per heavy atom. The van der Waals surface area contributed by atoms with Crippen molar-refractivity contribution in [2.75, 3.05) is 6.54 Å². The zero-order valence-electron chi connectivity index (χ0n) is 12.2. The second kappa shape index (κ2) is 5.95. The number of hydrogen-bond donors (Lipinski definition) is 1. The Bertz CT molecular complexity index is 432. The predicted molar refractivity (Wildman–Crippen MR) is 81.4 cm³/mol. The van der Waals surface area contributed by atoms with Crippen molar-refractivity contribution in [1.29, 1.82) is 0 Å². The Morgan fingerprint density at radius 1 is 1.16 bits per heavy atom. The number of carbonyl (C=O) groups is 1. The third kappa shape index (κ3) is 5.64. The smallest absolute Gasteiger partial charge is 0.407 e. The lowest BCUT2D eigenvalue weighted by Gasteiger charge is -2.27. The fourth-order valence-corrected chi connectivity index (χ4v) is 1.87. The average molecular weight is 328 g/mol. The number of rotatable bonds is 3. The zero-order valence-corrected chi connectivity index (χ0v) is 13.8. The Kier molecular flexibility index (Phi) is 5.02. The van der Waals surface area contributed by atoms with E-state index in [-0.39, 0.29) is 11.5 Å². The molecule has 0 bridgehead atoms. The molecule has 0 aliphatic heterocycles. The first-order chi connectivity index (χ1) is 8.60. The standard InChI is InChI=1S/C15H22BrNO2/c1-14(2,3)19-13(18)17-10-15(4,5)11-6-8-12(16)9-7-11/h6-9H,10H2,1-5H3,(H,17,18). The van der Waals surface area contributed by atoms with E-state index in [0.717, 1.165) is 4.47 Å². The lowest BCUT2D eigenvalue weighted by molar-refractivity contribution is 0.0517. The normalized spacial score (nSPS) is 12.1. The number of hydrogen-bond acceptors (Lipinski definition) is 2. The first-order valence-electron chi connectivity index (χ1n) is 6.33. The van der Waals surface area contributed by atoms with Crippen LogP contribution in [-0.4, -0.2) is 18.2 Å². The molecular weight excluding hydrogens is 306 g/mol. The summed E-state index contributed by atoms with van der Waals surface area (Å²) in [7, 11) is 0. The summed E-state index contributed by atoms with van der Waals surface area (Å²) in [5.74, 6) is 0. The molecule has 1 aromatic rings. The minimum absolute atomic E-state index is 0.141. The van der Waals surface area contributed by atoms with Crippen molar-refractivity contribution in [2.24, 2.45) is 0 Å². The number of carbonyl (C=O) groups excluding carboxylic acids is 1. The Labute approximate surface area is 123 Å². The van der Waals surface area contributed by atoms with Crippen LogP contribution in [0.25, 0.3) is 0 Å². The van der Waals surface area contributed by atoms with Gasteiger partial charge in [-0.3, -0.25) is 0 Å². The van der Waals surface area contributed by atoms with Crippen LogP contribution in [0.5, 0.6) is 0 Å². The van der Waals surface area contributed by atoms with Crippen molar-refractivity contribution >= 4 is 22.0 Å². The van der Waals surface area contributed by atoms with E-state index >= 15 is 0 Å². The van der Waals surface area contributed by atoms with Crippen LogP contribution in [0.3, 0.4) is 0 Å². The maximum Gasteiger partial charge on any atom is 0.407 e. The summed E-state index contributed by atoms with van der Waals surface area (Å²) in [6, 6.07) is 8.12. The molecule has 0 aliphatic rings. The van der Waals surface area contributed by atoms with Gasteiger partial charge in [-0.05, 0) is 38.5 Å². The van der Waals surface area contributed by atoms with E-state index in [4.69, 9.17) is 4.74 Å². The molecule has 106 valence electrons. The van der Waals surface area contributed by atoms with Crippen LogP contribution >= 0.6 is 15.9 Å². The molecule has 0 saturated heterocycles. The van der Waals surface area contributed by atoms with E-state index < -0.39 is 5.60 Å². The van der Waals surface area contributed by atoms with E-state index in [1.54, 1.807) is 0 Å². The molecule has 1 amide bonds. The molecule has 0 heterocycles. The number of amides is 1. The van der Waals surface area contributed by atoms with Crippen LogP contribution in [0.2, 0.25) is 0 Å². The molecule has 0 saturated carbocycles. The highest BCUT2D eigenvalue weighted by Gasteiger charge is 2.23. The zero-order chi connectivity index (χ0) is 14.7. The lowest BCUT2D eigenvalue weighted by atomic mass is 9.85. The van der Waals surface area contributed by atoms with E-state index in [1.165, 1.54) is 5.56 Å². The molecule has 0 spiro atoms. The summed E-state index contributed by atoms with van der Waals surface area (Å²) in [5.41, 5.74) is 0.565. The molecule has 1 rings (SSSR count). The summed E-state index contributed by atoms with van der Waals surface area (Å²) in [6.07, 6.45) is -0.377. The predicted octanol–water partition coefficient (Wildman–Crippen LogP) is 4.25. The van der Waals surface area contributed by atoms with Crippen LogP contribution in [0, 0.1) is 0 Å². The molecule has 1 aromatic carbocycles. The van der Waals surface area contributed by atoms with E-state index in [0.29, 0.717) is 6.54 Å². The van der Waals surface area contributed by atoms with Gasteiger partial charge in [0.15, 0.2) is 0 Å². The quantitative estimate of drug-likeness (QED) is 0.901. The van der Waals surface area contributed by atoms with Crippen molar-refractivity contribution in [3.05, 3.63) is 34.3 Å². The average Bonchev–Trinajstić information content (AvgIpc) is 2.25. The van der Waals surface area contributed by atoms with Gasteiger partial charge in [-0.1, -0.05) is 41.9 Å². The number of alkyl carbamates (subject to hydrolysis) is 1. The minimum Gasteiger partial charge on any atom is -0.444 e. The van der Waals surface area contributed by atoms with Crippen LogP contribution < -0.4 is 5.32 Å². The van der Waals surface area contributed by atoms with Gasteiger partial charge in [0.2, 0.25) is 0 Å². The van der Waals surface area contributed by atoms with E-state index in [2.05, 4.69) is 47.2 Å². The lowest BCUT2D eigenvalue weighted by Crippen LogP contribution is -2.39. The highest BCUT2D eigenvalue weighted by atomic mass is 79.9. The highest BCUT2D eigenvalue weighted by molar-refractivity contribution is 9.10. The van der Waals surface area contributed by atoms with Crippen molar-refractivity contribution < 1.29 is 9.53 Å². The van der Waals surface area contributed by atoms with Gasteiger partial charge in [-0.2, -0.15) is 0 Å². The molecule has 19 heavy (non-hydrogen) atoms. The molecular formula is C15H22BrNO2. The molecule has 0 aliphatic carbocycles. The summed E-state index contributed by atoms with van der Waals surface area (Å²) in [6.45, 7) is 10.3. The molecule has 0 atom stereocenters. The number of nitrogens with one attached hydrogen (secondary N) is 1. The fourth-order valence-electron chi connectivity index (χ4n) is 1.61. The second-order valence-corrected chi connectivity index (χ2v) is 7.16. The molecule has 4 heteroatoms. The van der Waals surface area contributed by atoms with E-state index in [9.17, 15) is 4.79 Å². The molecule has 0 unspecified atom stereocenters. The monoisotopic (exact) mass is 327 g/mol. The van der Waals surface area contributed by atoms with Gasteiger partial charge in [0.1, 0.15) is 5.60 Å². The van der Waals surface area contributed by atoms with Gasteiger partial charge in [0.05, 0.1) is 0 Å². The molecule has 0 radical (unpaired) electrons. The van der Waals surface area contributed by atoms with Gasteiger partial charge in [0.25, 0.3) is 0 Å². The van der Waals surface area contributed by atoms with Gasteiger partial charge >= 0.3 is 6.09 Å². The minimum atomic E-state index is -0.466. The topological polar surface area (TPSA) is 38.3 Å². The molecule has 3 nitrogen and oxygen atoms in total. The third-order valence-electron chi connectivity index (χ3n) is 2.70.